The molecule has 1 unspecified atom stereocenters. The first kappa shape index (κ1) is 15.7. The topological polar surface area (TPSA) is 129 Å². The Labute approximate surface area is 134 Å². The zero-order valence-corrected chi connectivity index (χ0v) is 12.1. The fraction of sp³-hybridized carbons (Fsp3) is 0.133. The summed E-state index contributed by atoms with van der Waals surface area (Å²) in [6.45, 7) is 0. The molecular weight excluding hydrogens is 320 g/mol. The smallest absolute Gasteiger partial charge is 0.377 e. The highest BCUT2D eigenvalue weighted by Gasteiger charge is 2.62. The average molecular weight is 331 g/mol. The van der Waals surface area contributed by atoms with Gasteiger partial charge in [-0.15, -0.1) is 0 Å². The van der Waals surface area contributed by atoms with Crippen molar-refractivity contribution in [3.8, 4) is 0 Å². The lowest BCUT2D eigenvalue weighted by Crippen LogP contribution is -2.67. The van der Waals surface area contributed by atoms with E-state index in [0.717, 1.165) is 18.2 Å². The normalized spacial score (nSPS) is 22.5. The number of carboxylic acids is 1. The van der Waals surface area contributed by atoms with Crippen molar-refractivity contribution in [1.29, 1.82) is 0 Å². The Morgan fingerprint density at radius 2 is 1.75 bits per heavy atom. The number of hydrogen-bond donors (Lipinski definition) is 2. The molecule has 1 atom stereocenters. The number of imide groups is 2. The van der Waals surface area contributed by atoms with Crippen molar-refractivity contribution in [3.63, 3.8) is 0 Å². The number of rotatable bonds is 3. The summed E-state index contributed by atoms with van der Waals surface area (Å²) in [5.41, 5.74) is -0.400. The van der Waals surface area contributed by atoms with Gasteiger partial charge < -0.3 is 10.2 Å². The molecule has 3 rings (SSSR count). The number of quaternary nitrogens is 1. The van der Waals surface area contributed by atoms with Crippen molar-refractivity contribution in [2.75, 3.05) is 0 Å². The van der Waals surface area contributed by atoms with E-state index in [2.05, 4.69) is 0 Å². The number of carbonyl (C=O) groups is 5. The first-order valence-corrected chi connectivity index (χ1v) is 6.85. The Bertz CT molecular complexity index is 824. The molecule has 9 heteroatoms. The van der Waals surface area contributed by atoms with Gasteiger partial charge in [-0.25, -0.2) is 14.4 Å². The van der Waals surface area contributed by atoms with Crippen LogP contribution in [0.4, 0.5) is 5.69 Å². The number of hydrogen-bond acceptors (Lipinski definition) is 6. The van der Waals surface area contributed by atoms with Crippen molar-refractivity contribution in [3.05, 3.63) is 42.0 Å². The lowest BCUT2D eigenvalue weighted by atomic mass is 10.2. The minimum atomic E-state index is -1.66. The molecular formula is C15H11N2O7+. The third-order valence-corrected chi connectivity index (χ3v) is 3.87. The molecule has 0 saturated carbocycles. The fourth-order valence-electron chi connectivity index (χ4n) is 2.79. The molecule has 24 heavy (non-hydrogen) atoms. The van der Waals surface area contributed by atoms with E-state index in [4.69, 9.17) is 5.11 Å². The summed E-state index contributed by atoms with van der Waals surface area (Å²) in [7, 11) is 0. The zero-order valence-electron chi connectivity index (χ0n) is 12.1. The van der Waals surface area contributed by atoms with Crippen LogP contribution in [0.3, 0.4) is 0 Å². The Kier molecular flexibility index (Phi) is 3.39. The van der Waals surface area contributed by atoms with E-state index >= 15 is 0 Å². The monoisotopic (exact) mass is 331 g/mol. The van der Waals surface area contributed by atoms with E-state index < -0.39 is 46.7 Å². The molecule has 1 aromatic rings. The molecule has 1 fully saturated rings. The van der Waals surface area contributed by atoms with Gasteiger partial charge in [-0.05, 0) is 10.7 Å². The number of amides is 4. The van der Waals surface area contributed by atoms with Crippen LogP contribution < -0.4 is 4.59 Å². The van der Waals surface area contributed by atoms with Crippen LogP contribution in [0.15, 0.2) is 36.4 Å². The molecule has 0 bridgehead atoms. The molecule has 1 aromatic carbocycles. The van der Waals surface area contributed by atoms with Gasteiger partial charge in [0.1, 0.15) is 6.10 Å². The molecule has 2 N–H and O–H groups in total. The van der Waals surface area contributed by atoms with Crippen LogP contribution in [0, 0.1) is 0 Å². The SMILES string of the molecule is O=C(O)c1cccc([N+]2(N3C(=O)CC(O)C3=O)C(=O)C=CC2=O)c1. The predicted molar refractivity (Wildman–Crippen MR) is 76.8 cm³/mol. The van der Waals surface area contributed by atoms with Crippen LogP contribution in [0.2, 0.25) is 0 Å². The van der Waals surface area contributed by atoms with Crippen molar-refractivity contribution in [1.82, 2.24) is 9.60 Å². The average Bonchev–Trinajstić information content (AvgIpc) is 2.97. The minimum Gasteiger partial charge on any atom is -0.478 e. The Morgan fingerprint density at radius 1 is 1.12 bits per heavy atom. The Morgan fingerprint density at radius 3 is 2.25 bits per heavy atom. The summed E-state index contributed by atoms with van der Waals surface area (Å²) in [5, 5.41) is 19.1. The van der Waals surface area contributed by atoms with Crippen molar-refractivity contribution in [2.45, 2.75) is 12.5 Å². The summed E-state index contributed by atoms with van der Waals surface area (Å²) >= 11 is 0. The molecule has 2 heterocycles. The van der Waals surface area contributed by atoms with Gasteiger partial charge in [-0.3, -0.25) is 9.59 Å². The molecule has 122 valence electrons. The first-order chi connectivity index (χ1) is 11.3. The molecule has 2 aliphatic rings. The largest absolute Gasteiger partial charge is 0.478 e. The van der Waals surface area contributed by atoms with Crippen molar-refractivity contribution >= 4 is 35.3 Å². The van der Waals surface area contributed by atoms with Crippen molar-refractivity contribution in [2.24, 2.45) is 0 Å². The minimum absolute atomic E-state index is 0.175. The highest BCUT2D eigenvalue weighted by Crippen LogP contribution is 2.35. The maximum Gasteiger partial charge on any atom is 0.377 e. The van der Waals surface area contributed by atoms with E-state index in [1.807, 2.05) is 0 Å². The van der Waals surface area contributed by atoms with E-state index in [9.17, 15) is 29.1 Å². The lowest BCUT2D eigenvalue weighted by Gasteiger charge is -2.33. The van der Waals surface area contributed by atoms with Crippen LogP contribution in [-0.4, -0.2) is 50.9 Å². The third kappa shape index (κ3) is 1.92. The second-order valence-corrected chi connectivity index (χ2v) is 5.26. The Balaban J connectivity index is 2.26. The van der Waals surface area contributed by atoms with Gasteiger partial charge in [-0.1, -0.05) is 11.1 Å². The summed E-state index contributed by atoms with van der Waals surface area (Å²) < 4.78 is -1.43. The fourth-order valence-corrected chi connectivity index (χ4v) is 2.79. The van der Waals surface area contributed by atoms with Crippen molar-refractivity contribution < 1.29 is 34.2 Å². The predicted octanol–water partition coefficient (Wildman–Crippen LogP) is -0.650. The van der Waals surface area contributed by atoms with Gasteiger partial charge in [0.25, 0.3) is 5.91 Å². The Hall–Kier alpha value is -3.17. The summed E-state index contributed by atoms with van der Waals surface area (Å²) in [4.78, 5) is 60.4. The molecule has 0 radical (unpaired) electrons. The molecule has 0 spiro atoms. The number of aliphatic hydroxyl groups is 1. The number of nitrogens with zero attached hydrogens (tertiary/aromatic N) is 2. The standard InChI is InChI=1S/C15H10N2O7/c18-10-7-11(19)16(14(10)22)17(12(20)4-5-13(17)21)9-3-1-2-8(6-9)15(23)24/h1-6,10,18H,7H2/p+1. The summed E-state index contributed by atoms with van der Waals surface area (Å²) in [6, 6.07) is 4.83. The van der Waals surface area contributed by atoms with Crippen LogP contribution >= 0.6 is 0 Å². The zero-order chi connectivity index (χ0) is 17.6. The maximum absolute atomic E-state index is 12.5. The number of aromatic carboxylic acids is 1. The molecule has 2 aliphatic heterocycles. The molecule has 9 nitrogen and oxygen atoms in total. The number of carboxylic acid groups (broad SMARTS) is 1. The lowest BCUT2D eigenvalue weighted by molar-refractivity contribution is -0.170. The van der Waals surface area contributed by atoms with Gasteiger partial charge >= 0.3 is 23.7 Å². The van der Waals surface area contributed by atoms with Crippen LogP contribution in [0.1, 0.15) is 16.8 Å². The van der Waals surface area contributed by atoms with Gasteiger partial charge in [0.15, 0.2) is 5.69 Å². The van der Waals surface area contributed by atoms with Gasteiger partial charge in [0.2, 0.25) is 0 Å². The molecule has 4 amide bonds. The molecule has 0 aliphatic carbocycles. The first-order valence-electron chi connectivity index (χ1n) is 6.85. The second-order valence-electron chi connectivity index (χ2n) is 5.26. The van der Waals surface area contributed by atoms with E-state index in [1.54, 1.807) is 0 Å². The second kappa shape index (κ2) is 5.18. The van der Waals surface area contributed by atoms with E-state index in [0.29, 0.717) is 5.01 Å². The molecule has 1 saturated heterocycles. The van der Waals surface area contributed by atoms with E-state index in [1.165, 1.54) is 18.2 Å². The van der Waals surface area contributed by atoms with E-state index in [-0.39, 0.29) is 11.3 Å². The highest BCUT2D eigenvalue weighted by atomic mass is 16.4. The van der Waals surface area contributed by atoms with Crippen LogP contribution in [0.25, 0.3) is 0 Å². The van der Waals surface area contributed by atoms with Crippen LogP contribution in [-0.2, 0) is 19.2 Å². The highest BCUT2D eigenvalue weighted by molar-refractivity contribution is 6.26. The third-order valence-electron chi connectivity index (χ3n) is 3.87. The van der Waals surface area contributed by atoms with Gasteiger partial charge in [0, 0.05) is 12.1 Å². The van der Waals surface area contributed by atoms with Crippen LogP contribution in [0.5, 0.6) is 0 Å². The summed E-state index contributed by atoms with van der Waals surface area (Å²) in [5.74, 6) is -5.11. The quantitative estimate of drug-likeness (QED) is 0.556. The number of carbonyl (C=O) groups excluding carboxylic acids is 4. The summed E-state index contributed by atoms with van der Waals surface area (Å²) in [6.07, 6.45) is -0.406. The maximum atomic E-state index is 12.5. The van der Waals surface area contributed by atoms with Gasteiger partial charge in [-0.2, -0.15) is 0 Å². The molecule has 0 aromatic heterocycles. The number of benzene rings is 1. The number of aliphatic hydroxyl groups excluding tert-OH is 1. The van der Waals surface area contributed by atoms with Gasteiger partial charge in [0.05, 0.1) is 24.1 Å².